The molecule has 1 aliphatic carbocycles. The summed E-state index contributed by atoms with van der Waals surface area (Å²) in [4.78, 5) is 12.3. The Kier molecular flexibility index (Phi) is 5.23. The highest BCUT2D eigenvalue weighted by Gasteiger charge is 2.21. The molecule has 1 aliphatic rings. The van der Waals surface area contributed by atoms with E-state index in [0.29, 0.717) is 19.0 Å². The fraction of sp³-hybridized carbons (Fsp3) is 0.333. The van der Waals surface area contributed by atoms with E-state index < -0.39 is 0 Å². The van der Waals surface area contributed by atoms with Crippen LogP contribution in [0.3, 0.4) is 0 Å². The zero-order valence-electron chi connectivity index (χ0n) is 15.2. The number of rotatable bonds is 6. The maximum absolute atomic E-state index is 12.3. The number of amides is 1. The number of carbonyl (C=O) groups excluding carboxylic acids is 1. The van der Waals surface area contributed by atoms with Crippen molar-refractivity contribution < 1.29 is 4.79 Å². The Balaban J connectivity index is 1.33. The Morgan fingerprint density at radius 3 is 2.44 bits per heavy atom. The van der Waals surface area contributed by atoms with Crippen LogP contribution in [0, 0.1) is 0 Å². The van der Waals surface area contributed by atoms with E-state index in [4.69, 9.17) is 0 Å². The number of carbonyl (C=O) groups is 1. The summed E-state index contributed by atoms with van der Waals surface area (Å²) >= 11 is 0. The maximum atomic E-state index is 12.3. The molecule has 4 rings (SSSR count). The highest BCUT2D eigenvalue weighted by molar-refractivity contribution is 5.78. The predicted octanol–water partition coefficient (Wildman–Crippen LogP) is 3.31. The lowest BCUT2D eigenvalue weighted by atomic mass is 10.0. The zero-order valence-corrected chi connectivity index (χ0v) is 15.2. The van der Waals surface area contributed by atoms with Gasteiger partial charge in [0.2, 0.25) is 5.91 Å². The van der Waals surface area contributed by atoms with Crippen LogP contribution in [0.15, 0.2) is 54.6 Å². The van der Waals surface area contributed by atoms with E-state index in [9.17, 15) is 4.79 Å². The molecule has 0 spiro atoms. The SMILES string of the molecule is O=C(Cc1ccc(-c2ccccc2)cc1)NCc1nnnn1C1CCCC1. The number of aromatic nitrogens is 4. The summed E-state index contributed by atoms with van der Waals surface area (Å²) in [5, 5.41) is 14.9. The lowest BCUT2D eigenvalue weighted by molar-refractivity contribution is -0.120. The third-order valence-corrected chi connectivity index (χ3v) is 5.10. The Morgan fingerprint density at radius 1 is 1.00 bits per heavy atom. The monoisotopic (exact) mass is 361 g/mol. The van der Waals surface area contributed by atoms with E-state index in [-0.39, 0.29) is 5.91 Å². The molecule has 27 heavy (non-hydrogen) atoms. The number of benzene rings is 2. The minimum atomic E-state index is -0.0246. The Labute approximate surface area is 158 Å². The third-order valence-electron chi connectivity index (χ3n) is 5.10. The van der Waals surface area contributed by atoms with Crippen LogP contribution in [0.1, 0.15) is 43.1 Å². The second-order valence-corrected chi connectivity index (χ2v) is 6.99. The number of hydrogen-bond acceptors (Lipinski definition) is 4. The van der Waals surface area contributed by atoms with Gasteiger partial charge in [-0.25, -0.2) is 4.68 Å². The molecule has 0 bridgehead atoms. The first-order valence-corrected chi connectivity index (χ1v) is 9.47. The summed E-state index contributed by atoms with van der Waals surface area (Å²) in [6.45, 7) is 0.366. The molecule has 1 saturated carbocycles. The van der Waals surface area contributed by atoms with Gasteiger partial charge >= 0.3 is 0 Å². The third kappa shape index (κ3) is 4.22. The van der Waals surface area contributed by atoms with E-state index in [1.165, 1.54) is 18.4 Å². The van der Waals surface area contributed by atoms with E-state index in [1.807, 2.05) is 35.0 Å². The predicted molar refractivity (Wildman–Crippen MR) is 103 cm³/mol. The van der Waals surface area contributed by atoms with Crippen molar-refractivity contribution in [1.82, 2.24) is 25.5 Å². The second-order valence-electron chi connectivity index (χ2n) is 6.99. The van der Waals surface area contributed by atoms with Crippen LogP contribution in [0.5, 0.6) is 0 Å². The molecule has 0 atom stereocenters. The Hall–Kier alpha value is -3.02. The van der Waals surface area contributed by atoms with Crippen LogP contribution >= 0.6 is 0 Å². The van der Waals surface area contributed by atoms with Crippen LogP contribution in [-0.2, 0) is 17.8 Å². The van der Waals surface area contributed by atoms with Crippen molar-refractivity contribution in [2.24, 2.45) is 0 Å². The first-order chi connectivity index (χ1) is 13.3. The minimum absolute atomic E-state index is 0.0246. The van der Waals surface area contributed by atoms with E-state index in [1.54, 1.807) is 0 Å². The molecule has 0 saturated heterocycles. The van der Waals surface area contributed by atoms with Crippen molar-refractivity contribution >= 4 is 5.91 Å². The van der Waals surface area contributed by atoms with Gasteiger partial charge in [0.1, 0.15) is 0 Å². The largest absolute Gasteiger partial charge is 0.348 e. The van der Waals surface area contributed by atoms with E-state index in [2.05, 4.69) is 45.1 Å². The van der Waals surface area contributed by atoms with Crippen molar-refractivity contribution in [2.45, 2.75) is 44.7 Å². The van der Waals surface area contributed by atoms with Gasteiger partial charge in [-0.2, -0.15) is 0 Å². The molecular formula is C21H23N5O. The molecule has 3 aromatic rings. The topological polar surface area (TPSA) is 72.7 Å². The number of hydrogen-bond donors (Lipinski definition) is 1. The fourth-order valence-corrected chi connectivity index (χ4v) is 3.63. The lowest BCUT2D eigenvalue weighted by Crippen LogP contribution is -2.27. The summed E-state index contributed by atoms with van der Waals surface area (Å²) in [5.41, 5.74) is 3.31. The molecule has 1 N–H and O–H groups in total. The highest BCUT2D eigenvalue weighted by Crippen LogP contribution is 2.29. The molecule has 1 heterocycles. The summed E-state index contributed by atoms with van der Waals surface area (Å²) in [6.07, 6.45) is 5.00. The number of nitrogens with zero attached hydrogens (tertiary/aromatic N) is 4. The van der Waals surface area contributed by atoms with Crippen LogP contribution in [0.25, 0.3) is 11.1 Å². The van der Waals surface area contributed by atoms with Gasteiger partial charge in [-0.1, -0.05) is 67.4 Å². The maximum Gasteiger partial charge on any atom is 0.224 e. The van der Waals surface area contributed by atoms with Crippen LogP contribution < -0.4 is 5.32 Å². The van der Waals surface area contributed by atoms with E-state index >= 15 is 0 Å². The molecule has 1 aromatic heterocycles. The molecule has 0 radical (unpaired) electrons. The van der Waals surface area contributed by atoms with Crippen LogP contribution in [-0.4, -0.2) is 26.1 Å². The second kappa shape index (κ2) is 8.12. The van der Waals surface area contributed by atoms with Crippen LogP contribution in [0.2, 0.25) is 0 Å². The van der Waals surface area contributed by atoms with Gasteiger partial charge in [-0.15, -0.1) is 5.10 Å². The van der Waals surface area contributed by atoms with E-state index in [0.717, 1.165) is 29.8 Å². The zero-order chi connectivity index (χ0) is 18.5. The van der Waals surface area contributed by atoms with Crippen molar-refractivity contribution in [2.75, 3.05) is 0 Å². The average molecular weight is 361 g/mol. The lowest BCUT2D eigenvalue weighted by Gasteiger charge is -2.11. The summed E-state index contributed by atoms with van der Waals surface area (Å²) < 4.78 is 1.88. The number of tetrazole rings is 1. The van der Waals surface area contributed by atoms with Gasteiger partial charge in [0, 0.05) is 0 Å². The van der Waals surface area contributed by atoms with Gasteiger partial charge in [0.25, 0.3) is 0 Å². The summed E-state index contributed by atoms with van der Waals surface area (Å²) in [6, 6.07) is 18.7. The van der Waals surface area contributed by atoms with Crippen molar-refractivity contribution in [3.8, 4) is 11.1 Å². The Bertz CT molecular complexity index is 882. The molecule has 1 fully saturated rings. The molecule has 6 nitrogen and oxygen atoms in total. The van der Waals surface area contributed by atoms with Gasteiger partial charge in [-0.05, 0) is 40.0 Å². The van der Waals surface area contributed by atoms with Gasteiger partial charge in [0.15, 0.2) is 5.82 Å². The molecule has 6 heteroatoms. The number of nitrogens with one attached hydrogen (secondary N) is 1. The molecule has 2 aromatic carbocycles. The smallest absolute Gasteiger partial charge is 0.224 e. The molecular weight excluding hydrogens is 338 g/mol. The summed E-state index contributed by atoms with van der Waals surface area (Å²) in [7, 11) is 0. The molecule has 0 unspecified atom stereocenters. The normalized spacial score (nSPS) is 14.4. The molecule has 0 aliphatic heterocycles. The first kappa shape index (κ1) is 17.4. The van der Waals surface area contributed by atoms with Crippen molar-refractivity contribution in [1.29, 1.82) is 0 Å². The highest BCUT2D eigenvalue weighted by atomic mass is 16.1. The standard InChI is InChI=1S/C21H23N5O/c27-21(22-15-20-23-24-25-26(20)19-8-4-5-9-19)14-16-10-12-18(13-11-16)17-6-2-1-3-7-17/h1-3,6-7,10-13,19H,4-5,8-9,14-15H2,(H,22,27). The minimum Gasteiger partial charge on any atom is -0.348 e. The quantitative estimate of drug-likeness (QED) is 0.731. The van der Waals surface area contributed by atoms with Crippen molar-refractivity contribution in [3.05, 3.63) is 66.0 Å². The van der Waals surface area contributed by atoms with Crippen molar-refractivity contribution in [3.63, 3.8) is 0 Å². The average Bonchev–Trinajstić information content (AvgIpc) is 3.39. The fourth-order valence-electron chi connectivity index (χ4n) is 3.63. The van der Waals surface area contributed by atoms with Gasteiger partial charge < -0.3 is 5.32 Å². The van der Waals surface area contributed by atoms with Gasteiger partial charge in [0.05, 0.1) is 19.0 Å². The Morgan fingerprint density at radius 2 is 1.70 bits per heavy atom. The first-order valence-electron chi connectivity index (χ1n) is 9.47. The van der Waals surface area contributed by atoms with Crippen LogP contribution in [0.4, 0.5) is 0 Å². The summed E-state index contributed by atoms with van der Waals surface area (Å²) in [5.74, 6) is 0.707. The molecule has 138 valence electrons. The van der Waals surface area contributed by atoms with Gasteiger partial charge in [-0.3, -0.25) is 4.79 Å². The molecule has 1 amide bonds.